The molecular weight excluding hydrogens is 384 g/mol. The standard InChI is InChI=1S/C22H24N4O2S/c1-2-11-23-21(27)17-12-26(15-8-4-5-9-16(15)28-17)20-19-14-7-3-6-10-18(14)29-22(19)25-13-24-20/h4-5,8-9,13,17H,2-3,6-7,10-12H2,1H3,(H,23,27)/t17-/m1/s1. The van der Waals surface area contributed by atoms with Crippen molar-refractivity contribution in [2.75, 3.05) is 18.0 Å². The molecule has 0 radical (unpaired) electrons. The molecule has 0 spiro atoms. The van der Waals surface area contributed by atoms with Crippen LogP contribution in [0, 0.1) is 0 Å². The summed E-state index contributed by atoms with van der Waals surface area (Å²) in [5.74, 6) is 1.52. The number of hydrogen-bond donors (Lipinski definition) is 1. The van der Waals surface area contributed by atoms with Crippen LogP contribution < -0.4 is 15.0 Å². The maximum Gasteiger partial charge on any atom is 0.262 e. The van der Waals surface area contributed by atoms with Crippen molar-refractivity contribution in [3.05, 3.63) is 41.0 Å². The summed E-state index contributed by atoms with van der Waals surface area (Å²) in [7, 11) is 0. The minimum Gasteiger partial charge on any atom is -0.477 e. The SMILES string of the molecule is CCCNC(=O)[C@H]1CN(c2ncnc3sc4c(c23)CCCC4)c2ccccc2O1. The number of para-hydroxylation sites is 2. The van der Waals surface area contributed by atoms with Crippen LogP contribution in [-0.2, 0) is 17.6 Å². The molecule has 1 aliphatic carbocycles. The quantitative estimate of drug-likeness (QED) is 0.707. The van der Waals surface area contributed by atoms with E-state index in [1.807, 2.05) is 31.2 Å². The second-order valence-electron chi connectivity index (χ2n) is 7.56. The van der Waals surface area contributed by atoms with Crippen LogP contribution in [0.15, 0.2) is 30.6 Å². The highest BCUT2D eigenvalue weighted by atomic mass is 32.1. The van der Waals surface area contributed by atoms with Crippen molar-refractivity contribution in [3.63, 3.8) is 0 Å². The Labute approximate surface area is 173 Å². The third kappa shape index (κ3) is 3.23. The lowest BCUT2D eigenvalue weighted by Gasteiger charge is -2.35. The Bertz CT molecular complexity index is 1060. The number of rotatable bonds is 4. The molecule has 3 aromatic rings. The zero-order valence-electron chi connectivity index (χ0n) is 16.5. The lowest BCUT2D eigenvalue weighted by atomic mass is 9.96. The molecule has 1 N–H and O–H groups in total. The van der Waals surface area contributed by atoms with Crippen molar-refractivity contribution < 1.29 is 9.53 Å². The summed E-state index contributed by atoms with van der Waals surface area (Å²) in [5, 5.41) is 4.12. The second-order valence-corrected chi connectivity index (χ2v) is 8.65. The summed E-state index contributed by atoms with van der Waals surface area (Å²) in [6.07, 6.45) is 6.60. The average Bonchev–Trinajstić information content (AvgIpc) is 3.15. The normalized spacial score (nSPS) is 18.1. The summed E-state index contributed by atoms with van der Waals surface area (Å²) in [6.45, 7) is 3.13. The van der Waals surface area contributed by atoms with Gasteiger partial charge >= 0.3 is 0 Å². The number of amides is 1. The van der Waals surface area contributed by atoms with Gasteiger partial charge in [-0.3, -0.25) is 4.79 Å². The number of anilines is 2. The summed E-state index contributed by atoms with van der Waals surface area (Å²) in [4.78, 5) is 26.6. The number of carbonyl (C=O) groups is 1. The summed E-state index contributed by atoms with van der Waals surface area (Å²) < 4.78 is 6.05. The van der Waals surface area contributed by atoms with Crippen LogP contribution in [0.25, 0.3) is 10.2 Å². The van der Waals surface area contributed by atoms with Crippen molar-refractivity contribution in [2.45, 2.75) is 45.1 Å². The van der Waals surface area contributed by atoms with Gasteiger partial charge in [0, 0.05) is 11.4 Å². The Morgan fingerprint density at radius 1 is 1.28 bits per heavy atom. The van der Waals surface area contributed by atoms with E-state index in [-0.39, 0.29) is 5.91 Å². The number of aryl methyl sites for hydroxylation is 2. The Morgan fingerprint density at radius 3 is 3.03 bits per heavy atom. The van der Waals surface area contributed by atoms with Gasteiger partial charge in [0.05, 0.1) is 17.6 Å². The van der Waals surface area contributed by atoms with Crippen molar-refractivity contribution in [3.8, 4) is 5.75 Å². The number of ether oxygens (including phenoxy) is 1. The fourth-order valence-electron chi connectivity index (χ4n) is 4.21. The molecular formula is C22H24N4O2S. The lowest BCUT2D eigenvalue weighted by Crippen LogP contribution is -2.48. The fourth-order valence-corrected chi connectivity index (χ4v) is 5.44. The zero-order valence-corrected chi connectivity index (χ0v) is 17.3. The summed E-state index contributed by atoms with van der Waals surface area (Å²) in [5.41, 5.74) is 2.34. The molecule has 1 amide bonds. The van der Waals surface area contributed by atoms with Crippen LogP contribution in [0.4, 0.5) is 11.5 Å². The monoisotopic (exact) mass is 408 g/mol. The number of nitrogens with zero attached hydrogens (tertiary/aromatic N) is 3. The average molecular weight is 409 g/mol. The van der Waals surface area contributed by atoms with Gasteiger partial charge in [-0.2, -0.15) is 0 Å². The molecule has 0 saturated carbocycles. The molecule has 7 heteroatoms. The number of benzene rings is 1. The van der Waals surface area contributed by atoms with Crippen LogP contribution in [0.5, 0.6) is 5.75 Å². The minimum absolute atomic E-state index is 0.0796. The van der Waals surface area contributed by atoms with Gasteiger partial charge in [0.1, 0.15) is 22.7 Å². The molecule has 150 valence electrons. The van der Waals surface area contributed by atoms with E-state index in [9.17, 15) is 4.79 Å². The highest BCUT2D eigenvalue weighted by molar-refractivity contribution is 7.19. The van der Waals surface area contributed by atoms with Gasteiger partial charge in [0.25, 0.3) is 5.91 Å². The van der Waals surface area contributed by atoms with E-state index in [4.69, 9.17) is 9.72 Å². The van der Waals surface area contributed by atoms with Gasteiger partial charge < -0.3 is 15.0 Å². The number of nitrogens with one attached hydrogen (secondary N) is 1. The van der Waals surface area contributed by atoms with Crippen LogP contribution in [-0.4, -0.2) is 35.1 Å². The van der Waals surface area contributed by atoms with Gasteiger partial charge in [-0.05, 0) is 49.8 Å². The molecule has 5 rings (SSSR count). The Morgan fingerprint density at radius 2 is 2.14 bits per heavy atom. The topological polar surface area (TPSA) is 67.4 Å². The molecule has 2 aromatic heterocycles. The van der Waals surface area contributed by atoms with E-state index >= 15 is 0 Å². The molecule has 0 bridgehead atoms. The number of carbonyl (C=O) groups excluding carboxylic acids is 1. The van der Waals surface area contributed by atoms with E-state index in [0.717, 1.165) is 41.0 Å². The molecule has 3 heterocycles. The number of aromatic nitrogens is 2. The highest BCUT2D eigenvalue weighted by Gasteiger charge is 2.33. The number of fused-ring (bicyclic) bond motifs is 4. The molecule has 1 atom stereocenters. The van der Waals surface area contributed by atoms with Crippen LogP contribution in [0.1, 0.15) is 36.6 Å². The van der Waals surface area contributed by atoms with Crippen LogP contribution >= 0.6 is 11.3 Å². The molecule has 1 aromatic carbocycles. The first kappa shape index (κ1) is 18.4. The summed E-state index contributed by atoms with van der Waals surface area (Å²) in [6, 6.07) is 7.88. The molecule has 29 heavy (non-hydrogen) atoms. The Hall–Kier alpha value is -2.67. The van der Waals surface area contributed by atoms with Gasteiger partial charge in [-0.15, -0.1) is 11.3 Å². The van der Waals surface area contributed by atoms with E-state index < -0.39 is 6.10 Å². The van der Waals surface area contributed by atoms with Crippen LogP contribution in [0.3, 0.4) is 0 Å². The van der Waals surface area contributed by atoms with Gasteiger partial charge in [0.15, 0.2) is 6.10 Å². The third-order valence-corrected chi connectivity index (χ3v) is 6.80. The predicted octanol–water partition coefficient (Wildman–Crippen LogP) is 4.00. The maximum absolute atomic E-state index is 12.7. The van der Waals surface area contributed by atoms with E-state index in [1.165, 1.54) is 23.3 Å². The number of thiophene rings is 1. The Kier molecular flexibility index (Phi) is 4.83. The maximum atomic E-state index is 12.7. The molecule has 0 saturated heterocycles. The molecule has 2 aliphatic rings. The van der Waals surface area contributed by atoms with Crippen molar-refractivity contribution in [1.82, 2.24) is 15.3 Å². The smallest absolute Gasteiger partial charge is 0.262 e. The van der Waals surface area contributed by atoms with E-state index in [0.29, 0.717) is 18.8 Å². The largest absolute Gasteiger partial charge is 0.477 e. The zero-order chi connectivity index (χ0) is 19.8. The molecule has 0 unspecified atom stereocenters. The first-order chi connectivity index (χ1) is 14.3. The van der Waals surface area contributed by atoms with Gasteiger partial charge in [0.2, 0.25) is 0 Å². The molecule has 0 fully saturated rings. The molecule has 1 aliphatic heterocycles. The van der Waals surface area contributed by atoms with E-state index in [2.05, 4.69) is 15.2 Å². The Balaban J connectivity index is 1.61. The summed E-state index contributed by atoms with van der Waals surface area (Å²) >= 11 is 1.79. The first-order valence-corrected chi connectivity index (χ1v) is 11.1. The van der Waals surface area contributed by atoms with Crippen molar-refractivity contribution >= 4 is 39.0 Å². The lowest BCUT2D eigenvalue weighted by molar-refractivity contribution is -0.127. The predicted molar refractivity (Wildman–Crippen MR) is 115 cm³/mol. The second kappa shape index (κ2) is 7.63. The van der Waals surface area contributed by atoms with Crippen molar-refractivity contribution in [2.24, 2.45) is 0 Å². The van der Waals surface area contributed by atoms with Gasteiger partial charge in [-0.25, -0.2) is 9.97 Å². The highest BCUT2D eigenvalue weighted by Crippen LogP contribution is 2.44. The molecule has 6 nitrogen and oxygen atoms in total. The fraction of sp³-hybridized carbons (Fsp3) is 0.409. The minimum atomic E-state index is -0.573. The van der Waals surface area contributed by atoms with Gasteiger partial charge in [-0.1, -0.05) is 19.1 Å². The van der Waals surface area contributed by atoms with Crippen molar-refractivity contribution in [1.29, 1.82) is 0 Å². The third-order valence-electron chi connectivity index (χ3n) is 5.60. The first-order valence-electron chi connectivity index (χ1n) is 10.3. The van der Waals surface area contributed by atoms with E-state index in [1.54, 1.807) is 17.7 Å². The van der Waals surface area contributed by atoms with Crippen LogP contribution in [0.2, 0.25) is 0 Å². The number of hydrogen-bond acceptors (Lipinski definition) is 6.